The van der Waals surface area contributed by atoms with Crippen LogP contribution in [0, 0.1) is 13.8 Å². The average molecular weight is 238 g/mol. The van der Waals surface area contributed by atoms with Crippen molar-refractivity contribution in [2.75, 3.05) is 6.54 Å². The lowest BCUT2D eigenvalue weighted by Crippen LogP contribution is -2.29. The van der Waals surface area contributed by atoms with Gasteiger partial charge in [-0.1, -0.05) is 6.92 Å². The Bertz CT molecular complexity index is 435. The van der Waals surface area contributed by atoms with Gasteiger partial charge in [0, 0.05) is 12.2 Å². The highest BCUT2D eigenvalue weighted by Crippen LogP contribution is 2.14. The Hall–Kier alpha value is -1.78. The molecule has 5 nitrogen and oxygen atoms in total. The van der Waals surface area contributed by atoms with Gasteiger partial charge in [-0.25, -0.2) is 4.79 Å². The molecular weight excluding hydrogens is 220 g/mol. The first-order chi connectivity index (χ1) is 7.97. The number of carbonyl (C=O) groups is 2. The standard InChI is InChI=1S/C12H18N2O3/c1-4-5-13-10(15)7-14-9(3)6-8(2)11(14)12(16)17/h6H,4-5,7H2,1-3H3,(H,13,15)(H,16,17). The third-order valence-electron chi connectivity index (χ3n) is 2.57. The minimum absolute atomic E-state index is 0.0569. The molecule has 5 heteroatoms. The van der Waals surface area contributed by atoms with E-state index in [2.05, 4.69) is 5.32 Å². The van der Waals surface area contributed by atoms with Crippen molar-refractivity contribution in [3.63, 3.8) is 0 Å². The van der Waals surface area contributed by atoms with Crippen LogP contribution in [0.25, 0.3) is 0 Å². The molecule has 0 saturated carbocycles. The van der Waals surface area contributed by atoms with E-state index in [4.69, 9.17) is 5.11 Å². The van der Waals surface area contributed by atoms with Gasteiger partial charge < -0.3 is 15.0 Å². The van der Waals surface area contributed by atoms with Crippen molar-refractivity contribution >= 4 is 11.9 Å². The molecule has 0 aliphatic heterocycles. The average Bonchev–Trinajstić information content (AvgIpc) is 2.51. The van der Waals surface area contributed by atoms with Crippen molar-refractivity contribution in [3.8, 4) is 0 Å². The van der Waals surface area contributed by atoms with E-state index < -0.39 is 5.97 Å². The topological polar surface area (TPSA) is 71.3 Å². The lowest BCUT2D eigenvalue weighted by Gasteiger charge is -2.09. The normalized spacial score (nSPS) is 10.3. The summed E-state index contributed by atoms with van der Waals surface area (Å²) in [5, 5.41) is 11.8. The van der Waals surface area contributed by atoms with Crippen LogP contribution in [0.5, 0.6) is 0 Å². The number of hydrogen-bond donors (Lipinski definition) is 2. The zero-order chi connectivity index (χ0) is 13.0. The van der Waals surface area contributed by atoms with Crippen LogP contribution in [0.2, 0.25) is 0 Å². The summed E-state index contributed by atoms with van der Waals surface area (Å²) in [6, 6.07) is 1.77. The molecule has 0 spiro atoms. The molecule has 1 heterocycles. The predicted molar refractivity (Wildman–Crippen MR) is 64.2 cm³/mol. The van der Waals surface area contributed by atoms with Gasteiger partial charge in [-0.15, -0.1) is 0 Å². The second-order valence-electron chi connectivity index (χ2n) is 4.06. The molecule has 17 heavy (non-hydrogen) atoms. The number of aromatic carboxylic acids is 1. The van der Waals surface area contributed by atoms with Crippen molar-refractivity contribution < 1.29 is 14.7 Å². The second kappa shape index (κ2) is 5.52. The van der Waals surface area contributed by atoms with E-state index in [1.165, 1.54) is 4.57 Å². The van der Waals surface area contributed by atoms with Crippen LogP contribution >= 0.6 is 0 Å². The summed E-state index contributed by atoms with van der Waals surface area (Å²) < 4.78 is 1.53. The fourth-order valence-corrected chi connectivity index (χ4v) is 1.80. The predicted octanol–water partition coefficient (Wildman–Crippen LogP) is 1.33. The maximum atomic E-state index is 11.6. The van der Waals surface area contributed by atoms with Crippen LogP contribution < -0.4 is 5.32 Å². The first kappa shape index (κ1) is 13.3. The molecule has 0 aliphatic rings. The summed E-state index contributed by atoms with van der Waals surface area (Å²) in [6.45, 7) is 6.17. The molecule has 0 unspecified atom stereocenters. The summed E-state index contributed by atoms with van der Waals surface area (Å²) in [4.78, 5) is 22.7. The number of nitrogens with zero attached hydrogens (tertiary/aromatic N) is 1. The number of carboxylic acids is 1. The highest BCUT2D eigenvalue weighted by molar-refractivity contribution is 5.89. The Kier molecular flexibility index (Phi) is 4.31. The smallest absolute Gasteiger partial charge is 0.352 e. The monoisotopic (exact) mass is 238 g/mol. The van der Waals surface area contributed by atoms with Gasteiger partial charge in [0.2, 0.25) is 5.91 Å². The minimum atomic E-state index is -1.00. The maximum absolute atomic E-state index is 11.6. The molecule has 2 N–H and O–H groups in total. The van der Waals surface area contributed by atoms with E-state index >= 15 is 0 Å². The fourth-order valence-electron chi connectivity index (χ4n) is 1.80. The van der Waals surface area contributed by atoms with E-state index in [-0.39, 0.29) is 18.1 Å². The maximum Gasteiger partial charge on any atom is 0.352 e. The lowest BCUT2D eigenvalue weighted by atomic mass is 10.2. The van der Waals surface area contributed by atoms with Crippen LogP contribution in [-0.4, -0.2) is 28.1 Å². The molecule has 1 aromatic heterocycles. The molecule has 0 aromatic carbocycles. The van der Waals surface area contributed by atoms with Crippen LogP contribution in [0.15, 0.2) is 6.07 Å². The number of carbonyl (C=O) groups excluding carboxylic acids is 1. The summed E-state index contributed by atoms with van der Waals surface area (Å²) >= 11 is 0. The Morgan fingerprint density at radius 1 is 1.41 bits per heavy atom. The van der Waals surface area contributed by atoms with Crippen LogP contribution in [0.3, 0.4) is 0 Å². The minimum Gasteiger partial charge on any atom is -0.477 e. The van der Waals surface area contributed by atoms with Crippen molar-refractivity contribution in [3.05, 3.63) is 23.0 Å². The van der Waals surface area contributed by atoms with E-state index in [0.717, 1.165) is 12.1 Å². The SMILES string of the molecule is CCCNC(=O)Cn1c(C)cc(C)c1C(=O)O. The van der Waals surface area contributed by atoms with Crippen LogP contribution in [-0.2, 0) is 11.3 Å². The van der Waals surface area contributed by atoms with Crippen LogP contribution in [0.1, 0.15) is 35.1 Å². The van der Waals surface area contributed by atoms with Gasteiger partial charge >= 0.3 is 5.97 Å². The van der Waals surface area contributed by atoms with E-state index in [1.807, 2.05) is 6.92 Å². The molecule has 0 fully saturated rings. The summed E-state index contributed by atoms with van der Waals surface area (Å²) in [5.41, 5.74) is 1.65. The Balaban J connectivity index is 2.90. The highest BCUT2D eigenvalue weighted by atomic mass is 16.4. The lowest BCUT2D eigenvalue weighted by molar-refractivity contribution is -0.121. The third-order valence-corrected chi connectivity index (χ3v) is 2.57. The molecule has 0 radical (unpaired) electrons. The van der Waals surface area contributed by atoms with Crippen LogP contribution in [0.4, 0.5) is 0 Å². The Labute approximate surface area is 100 Å². The fraction of sp³-hybridized carbons (Fsp3) is 0.500. The molecule has 0 atom stereocenters. The van der Waals surface area contributed by atoms with Gasteiger partial charge in [-0.2, -0.15) is 0 Å². The summed E-state index contributed by atoms with van der Waals surface area (Å²) in [7, 11) is 0. The van der Waals surface area contributed by atoms with Crippen molar-refractivity contribution in [1.29, 1.82) is 0 Å². The number of carboxylic acid groups (broad SMARTS) is 1. The Morgan fingerprint density at radius 2 is 2.06 bits per heavy atom. The molecule has 0 aliphatic carbocycles. The number of rotatable bonds is 5. The second-order valence-corrected chi connectivity index (χ2v) is 4.06. The first-order valence-corrected chi connectivity index (χ1v) is 5.64. The number of aromatic nitrogens is 1. The number of nitrogens with one attached hydrogen (secondary N) is 1. The first-order valence-electron chi connectivity index (χ1n) is 5.64. The zero-order valence-electron chi connectivity index (χ0n) is 10.4. The molecule has 1 amide bonds. The largest absolute Gasteiger partial charge is 0.477 e. The van der Waals surface area contributed by atoms with Crippen molar-refractivity contribution in [2.45, 2.75) is 33.7 Å². The number of aryl methyl sites for hydroxylation is 2. The molecular formula is C12H18N2O3. The Morgan fingerprint density at radius 3 is 2.59 bits per heavy atom. The van der Waals surface area contributed by atoms with Crippen molar-refractivity contribution in [1.82, 2.24) is 9.88 Å². The molecule has 1 rings (SSSR count). The van der Waals surface area contributed by atoms with Gasteiger partial charge in [-0.05, 0) is 31.9 Å². The van der Waals surface area contributed by atoms with Crippen molar-refractivity contribution in [2.24, 2.45) is 0 Å². The van der Waals surface area contributed by atoms with E-state index in [1.54, 1.807) is 19.9 Å². The quantitative estimate of drug-likeness (QED) is 0.813. The highest BCUT2D eigenvalue weighted by Gasteiger charge is 2.17. The third kappa shape index (κ3) is 3.09. The van der Waals surface area contributed by atoms with Gasteiger partial charge in [-0.3, -0.25) is 4.79 Å². The molecule has 0 bridgehead atoms. The molecule has 0 saturated heterocycles. The van der Waals surface area contributed by atoms with Gasteiger partial charge in [0.15, 0.2) is 0 Å². The van der Waals surface area contributed by atoms with E-state index in [0.29, 0.717) is 12.1 Å². The molecule has 94 valence electrons. The van der Waals surface area contributed by atoms with Gasteiger partial charge in [0.25, 0.3) is 0 Å². The summed E-state index contributed by atoms with van der Waals surface area (Å²) in [6.07, 6.45) is 0.862. The number of amides is 1. The molecule has 1 aromatic rings. The van der Waals surface area contributed by atoms with Gasteiger partial charge in [0.1, 0.15) is 12.2 Å². The summed E-state index contributed by atoms with van der Waals surface area (Å²) in [5.74, 6) is -1.16. The van der Waals surface area contributed by atoms with Gasteiger partial charge in [0.05, 0.1) is 0 Å². The zero-order valence-corrected chi connectivity index (χ0v) is 10.4. The number of hydrogen-bond acceptors (Lipinski definition) is 2. The van der Waals surface area contributed by atoms with E-state index in [9.17, 15) is 9.59 Å².